The van der Waals surface area contributed by atoms with Crippen molar-refractivity contribution in [2.45, 2.75) is 90.5 Å². The molecule has 0 aromatic rings. The average molecular weight is 682 g/mol. The van der Waals surface area contributed by atoms with Crippen LogP contribution in [0.25, 0.3) is 0 Å². The molecule has 30 heavy (non-hydrogen) atoms. The third kappa shape index (κ3) is 12.8. The van der Waals surface area contributed by atoms with Gasteiger partial charge in [-0.05, 0) is 34.6 Å². The van der Waals surface area contributed by atoms with Gasteiger partial charge >= 0.3 is 5.92 Å². The molecule has 0 saturated carbocycles. The van der Waals surface area contributed by atoms with E-state index in [2.05, 4.69) is 46.7 Å². The first kappa shape index (κ1) is 35.5. The number of ether oxygens (including phenoxy) is 4. The Bertz CT molecular complexity index is 447. The van der Waals surface area contributed by atoms with Crippen LogP contribution >= 0.6 is 37.2 Å². The molecule has 0 aromatic heterocycles. The van der Waals surface area contributed by atoms with Crippen molar-refractivity contribution in [2.75, 3.05) is 27.1 Å². The van der Waals surface area contributed by atoms with Crippen molar-refractivity contribution in [1.82, 2.24) is 0 Å². The summed E-state index contributed by atoms with van der Waals surface area (Å²) in [5.74, 6) is -10.1. The van der Waals surface area contributed by atoms with Crippen LogP contribution in [0.2, 0.25) is 0 Å². The second kappa shape index (κ2) is 15.7. The van der Waals surface area contributed by atoms with Crippen molar-refractivity contribution in [3.05, 3.63) is 0 Å². The highest BCUT2D eigenvalue weighted by Crippen LogP contribution is 2.44. The maximum atomic E-state index is 13.5. The normalized spacial score (nSPS) is 30.0. The summed E-state index contributed by atoms with van der Waals surface area (Å²) in [5.41, 5.74) is 0. The molecule has 2 atom stereocenters. The number of alkyl halides is 6. The van der Waals surface area contributed by atoms with E-state index in [1.807, 2.05) is 0 Å². The summed E-state index contributed by atoms with van der Waals surface area (Å²) < 4.78 is 91.7. The first-order valence-electron chi connectivity index (χ1n) is 9.13. The minimum Gasteiger partial charge on any atom is -0.344 e. The zero-order valence-electron chi connectivity index (χ0n) is 18.7. The van der Waals surface area contributed by atoms with Crippen LogP contribution in [0.4, 0.5) is 26.3 Å². The Morgan fingerprint density at radius 2 is 1.10 bits per heavy atom. The summed E-state index contributed by atoms with van der Waals surface area (Å²) in [4.78, 5) is 0. The molecule has 2 fully saturated rings. The van der Waals surface area contributed by atoms with Crippen LogP contribution in [0.3, 0.4) is 0 Å². The van der Waals surface area contributed by atoms with Gasteiger partial charge in [-0.15, -0.1) is 0 Å². The fourth-order valence-corrected chi connectivity index (χ4v) is 2.15. The maximum absolute atomic E-state index is 13.5. The van der Waals surface area contributed by atoms with Crippen LogP contribution in [0.15, 0.2) is 0 Å². The van der Waals surface area contributed by atoms with E-state index in [-0.39, 0.29) is 13.3 Å². The molecule has 0 spiro atoms. The summed E-state index contributed by atoms with van der Waals surface area (Å²) in [6.45, 7) is 9.62. The predicted molar refractivity (Wildman–Crippen MR) is 122 cm³/mol. The van der Waals surface area contributed by atoms with Crippen LogP contribution in [-0.2, 0) is 18.9 Å². The monoisotopic (exact) mass is 682 g/mol. The number of hydrogen-bond acceptors (Lipinski definition) is 4. The van der Waals surface area contributed by atoms with Crippen LogP contribution in [0, 0.1) is 0 Å². The lowest BCUT2D eigenvalue weighted by Crippen LogP contribution is -2.59. The first-order chi connectivity index (χ1) is 13.6. The molecular weight excluding hydrogens is 648 g/mol. The molecule has 4 nitrogen and oxygen atoms in total. The van der Waals surface area contributed by atoms with Gasteiger partial charge in [-0.3, -0.25) is 8.78 Å². The van der Waals surface area contributed by atoms with E-state index in [1.54, 1.807) is 20.8 Å². The second-order valence-electron chi connectivity index (χ2n) is 6.87. The summed E-state index contributed by atoms with van der Waals surface area (Å²) in [5, 5.41) is 0. The van der Waals surface area contributed by atoms with Crippen LogP contribution in [0.1, 0.15) is 61.3 Å². The molecule has 0 aromatic carbocycles. The molecule has 186 valence electrons. The Morgan fingerprint density at radius 3 is 1.33 bits per heavy atom. The predicted octanol–water partition coefficient (Wildman–Crippen LogP) is 7.66. The molecule has 0 radical (unpaired) electrons. The topological polar surface area (TPSA) is 36.9 Å². The lowest BCUT2D eigenvalue weighted by molar-refractivity contribution is -0.424. The van der Waals surface area contributed by atoms with Crippen LogP contribution in [-0.4, -0.2) is 56.3 Å². The number of hydrogen-bond donors (Lipinski definition) is 0. The number of halogens is 8. The van der Waals surface area contributed by atoms with Crippen molar-refractivity contribution in [1.29, 1.82) is 0 Å². The molecule has 2 heterocycles. The minimum absolute atomic E-state index is 0.0521. The molecule has 2 aliphatic heterocycles. The van der Waals surface area contributed by atoms with Gasteiger partial charge in [-0.25, -0.2) is 8.78 Å². The van der Waals surface area contributed by atoms with Gasteiger partial charge in [0.15, 0.2) is 11.6 Å². The van der Waals surface area contributed by atoms with Gasteiger partial charge in [0.1, 0.15) is 13.2 Å². The number of rotatable bonds is 2. The molecule has 0 amide bonds. The van der Waals surface area contributed by atoms with E-state index in [4.69, 9.17) is 9.47 Å². The molecule has 2 unspecified atom stereocenters. The molecule has 0 aliphatic carbocycles. The van der Waals surface area contributed by atoms with E-state index >= 15 is 0 Å². The molecular formula is C18H34F6I2O4. The fraction of sp³-hybridized carbons (Fsp3) is 1.00. The second-order valence-corrected chi connectivity index (χ2v) is 6.87. The molecule has 12 heteroatoms. The largest absolute Gasteiger partial charge is 0.344 e. The van der Waals surface area contributed by atoms with Crippen molar-refractivity contribution < 1.29 is 45.3 Å². The Morgan fingerprint density at radius 1 is 0.733 bits per heavy atom. The highest BCUT2D eigenvalue weighted by atomic mass is 128. The highest BCUT2D eigenvalue weighted by molar-refractivity contribution is 15.0. The summed E-state index contributed by atoms with van der Waals surface area (Å²) in [6.07, 6.45) is -0.0524. The van der Waals surface area contributed by atoms with Gasteiger partial charge in [-0.2, -0.15) is 8.78 Å². The molecule has 2 saturated heterocycles. The van der Waals surface area contributed by atoms with Gasteiger partial charge in [0, 0.05) is 50.1 Å². The van der Waals surface area contributed by atoms with Crippen LogP contribution < -0.4 is 0 Å². The smallest absolute Gasteiger partial charge is 0.328 e. The van der Waals surface area contributed by atoms with Gasteiger partial charge in [0.2, 0.25) is 5.85 Å². The lowest BCUT2D eigenvalue weighted by atomic mass is 10.1. The van der Waals surface area contributed by atoms with E-state index in [9.17, 15) is 26.3 Å². The van der Waals surface area contributed by atoms with E-state index in [0.29, 0.717) is 13.6 Å². The van der Waals surface area contributed by atoms with E-state index in [1.165, 1.54) is 27.7 Å². The minimum atomic E-state index is -3.57. The first-order valence-corrected chi connectivity index (χ1v) is 15.4. The van der Waals surface area contributed by atoms with Crippen molar-refractivity contribution in [3.63, 3.8) is 0 Å². The Labute approximate surface area is 199 Å². The maximum Gasteiger partial charge on any atom is 0.328 e. The molecule has 2 rings (SSSR count). The highest BCUT2D eigenvalue weighted by Gasteiger charge is 2.61. The van der Waals surface area contributed by atoms with Crippen LogP contribution in [0.5, 0.6) is 0 Å². The Kier molecular flexibility index (Phi) is 18.5. The van der Waals surface area contributed by atoms with Gasteiger partial charge in [0.25, 0.3) is 5.85 Å². The van der Waals surface area contributed by atoms with E-state index in [0.717, 1.165) is 0 Å². The summed E-state index contributed by atoms with van der Waals surface area (Å²) in [6, 6.07) is 0. The standard InChI is InChI=1S/C8H13F3O2.C7H13FO2.C2H5F.CH3F.I2/c1-4-8(11)7(9,10)5-12-6(2,3)13-8;1-4-7(8)5-9-6(2,3)10-7;1-2-3;2*1-2/h4-5H2,1-3H3;4-5H2,1-3H3;2H2,1H3;1H3;. The lowest BCUT2D eigenvalue weighted by Gasteiger charge is -2.44. The van der Waals surface area contributed by atoms with Gasteiger partial charge in [0.05, 0.1) is 13.9 Å². The van der Waals surface area contributed by atoms with E-state index < -0.39 is 42.2 Å². The van der Waals surface area contributed by atoms with Crippen molar-refractivity contribution in [3.8, 4) is 0 Å². The third-order valence-corrected chi connectivity index (χ3v) is 3.60. The average Bonchev–Trinajstić information content (AvgIpc) is 2.97. The zero-order valence-corrected chi connectivity index (χ0v) is 23.0. The van der Waals surface area contributed by atoms with Crippen molar-refractivity contribution >= 4 is 37.2 Å². The summed E-state index contributed by atoms with van der Waals surface area (Å²) in [7, 11) is 0.500. The van der Waals surface area contributed by atoms with Gasteiger partial charge < -0.3 is 18.9 Å². The summed E-state index contributed by atoms with van der Waals surface area (Å²) >= 11 is 4.24. The Balaban J connectivity index is -0.000000381. The van der Waals surface area contributed by atoms with Crippen molar-refractivity contribution in [2.24, 2.45) is 0 Å². The zero-order chi connectivity index (χ0) is 24.9. The molecule has 0 N–H and O–H groups in total. The fourth-order valence-electron chi connectivity index (χ4n) is 2.15. The third-order valence-electron chi connectivity index (χ3n) is 3.60. The quantitative estimate of drug-likeness (QED) is 0.222. The van der Waals surface area contributed by atoms with Gasteiger partial charge in [-0.1, -0.05) is 13.8 Å². The Hall–Kier alpha value is 0.880. The molecule has 0 bridgehead atoms. The SMILES string of the molecule is CCC1(F)COC(C)(C)O1.CCC1(F)OC(C)(C)OCC1(F)F.CCF.CF.II. The molecule has 2 aliphatic rings.